The van der Waals surface area contributed by atoms with Crippen LogP contribution in [0.2, 0.25) is 0 Å². The van der Waals surface area contributed by atoms with E-state index < -0.39 is 0 Å². The summed E-state index contributed by atoms with van der Waals surface area (Å²) in [6.45, 7) is 8.05. The Hall–Kier alpha value is -3.87. The van der Waals surface area contributed by atoms with E-state index in [1.807, 2.05) is 44.4 Å². The molecule has 0 aliphatic heterocycles. The number of furan rings is 1. The SMILES string of the molecule is Cc1ccc(C(=O)Nc2ccc3c(C(=O)Nc4ccco4)cn(C(C)(C)C)c3n2)cc1. The van der Waals surface area contributed by atoms with Crippen LogP contribution in [0.4, 0.5) is 11.7 Å². The highest BCUT2D eigenvalue weighted by molar-refractivity contribution is 6.12. The lowest BCUT2D eigenvalue weighted by Gasteiger charge is -2.22. The second kappa shape index (κ2) is 7.75. The fourth-order valence-corrected chi connectivity index (χ4v) is 3.29. The summed E-state index contributed by atoms with van der Waals surface area (Å²) in [7, 11) is 0. The highest BCUT2D eigenvalue weighted by Crippen LogP contribution is 2.28. The number of benzene rings is 1. The van der Waals surface area contributed by atoms with Gasteiger partial charge in [-0.2, -0.15) is 0 Å². The molecule has 0 saturated heterocycles. The third-order valence-corrected chi connectivity index (χ3v) is 4.93. The number of carbonyl (C=O) groups excluding carboxylic acids is 2. The number of amides is 2. The summed E-state index contributed by atoms with van der Waals surface area (Å²) in [5.41, 5.74) is 2.40. The lowest BCUT2D eigenvalue weighted by Crippen LogP contribution is -2.21. The van der Waals surface area contributed by atoms with Gasteiger partial charge in [0.1, 0.15) is 11.5 Å². The van der Waals surface area contributed by atoms with Gasteiger partial charge >= 0.3 is 0 Å². The van der Waals surface area contributed by atoms with Gasteiger partial charge in [0.05, 0.1) is 11.8 Å². The van der Waals surface area contributed by atoms with Crippen LogP contribution in [0, 0.1) is 6.92 Å². The average Bonchev–Trinajstić information content (AvgIpc) is 3.35. The third kappa shape index (κ3) is 4.21. The molecule has 158 valence electrons. The van der Waals surface area contributed by atoms with E-state index in [4.69, 9.17) is 4.42 Å². The Morgan fingerprint density at radius 3 is 2.35 bits per heavy atom. The molecule has 0 radical (unpaired) electrons. The molecule has 0 aliphatic rings. The molecule has 4 rings (SSSR count). The van der Waals surface area contributed by atoms with Crippen LogP contribution in [0.5, 0.6) is 0 Å². The predicted octanol–water partition coefficient (Wildman–Crippen LogP) is 5.20. The largest absolute Gasteiger partial charge is 0.449 e. The number of hydrogen-bond acceptors (Lipinski definition) is 4. The summed E-state index contributed by atoms with van der Waals surface area (Å²) >= 11 is 0. The summed E-state index contributed by atoms with van der Waals surface area (Å²) in [4.78, 5) is 30.1. The van der Waals surface area contributed by atoms with Crippen molar-refractivity contribution in [2.24, 2.45) is 0 Å². The van der Waals surface area contributed by atoms with Crippen LogP contribution in [-0.2, 0) is 5.54 Å². The highest BCUT2D eigenvalue weighted by Gasteiger charge is 2.23. The summed E-state index contributed by atoms with van der Waals surface area (Å²) < 4.78 is 7.15. The number of fused-ring (bicyclic) bond motifs is 1. The smallest absolute Gasteiger partial charge is 0.260 e. The van der Waals surface area contributed by atoms with Crippen molar-refractivity contribution in [1.82, 2.24) is 9.55 Å². The van der Waals surface area contributed by atoms with Gasteiger partial charge in [-0.25, -0.2) is 4.98 Å². The van der Waals surface area contributed by atoms with Crippen molar-refractivity contribution in [2.45, 2.75) is 33.2 Å². The molecule has 0 spiro atoms. The van der Waals surface area contributed by atoms with Gasteiger partial charge in [0.25, 0.3) is 11.8 Å². The van der Waals surface area contributed by atoms with Crippen LogP contribution < -0.4 is 10.6 Å². The van der Waals surface area contributed by atoms with Gasteiger partial charge in [-0.1, -0.05) is 17.7 Å². The van der Waals surface area contributed by atoms with Gasteiger partial charge in [0.15, 0.2) is 5.88 Å². The Balaban J connectivity index is 1.70. The maximum atomic E-state index is 12.9. The summed E-state index contributed by atoms with van der Waals surface area (Å²) in [5.74, 6) is 0.258. The molecule has 0 atom stereocenters. The van der Waals surface area contributed by atoms with Crippen LogP contribution in [-0.4, -0.2) is 21.4 Å². The van der Waals surface area contributed by atoms with Gasteiger partial charge < -0.3 is 14.3 Å². The number of anilines is 2. The lowest BCUT2D eigenvalue weighted by atomic mass is 10.1. The van der Waals surface area contributed by atoms with Crippen LogP contribution in [0.15, 0.2) is 65.4 Å². The van der Waals surface area contributed by atoms with Crippen molar-refractivity contribution >= 4 is 34.5 Å². The van der Waals surface area contributed by atoms with Crippen molar-refractivity contribution < 1.29 is 14.0 Å². The standard InChI is InChI=1S/C24H24N4O3/c1-15-7-9-16(10-8-15)22(29)26-19-12-11-17-18(23(30)27-20-6-5-13-31-20)14-28(21(17)25-19)24(2,3)4/h5-14H,1-4H3,(H,27,30)(H,25,26,29). The topological polar surface area (TPSA) is 89.2 Å². The lowest BCUT2D eigenvalue weighted by molar-refractivity contribution is 0.101. The Bertz CT molecular complexity index is 1250. The molecule has 3 heterocycles. The van der Waals surface area contributed by atoms with E-state index in [9.17, 15) is 9.59 Å². The molecule has 2 amide bonds. The number of nitrogens with one attached hydrogen (secondary N) is 2. The quantitative estimate of drug-likeness (QED) is 0.479. The van der Waals surface area contributed by atoms with E-state index in [2.05, 4.69) is 15.6 Å². The van der Waals surface area contributed by atoms with Crippen LogP contribution in [0.25, 0.3) is 11.0 Å². The van der Waals surface area contributed by atoms with Crippen molar-refractivity contribution in [3.63, 3.8) is 0 Å². The molecule has 0 saturated carbocycles. The zero-order valence-corrected chi connectivity index (χ0v) is 17.9. The van der Waals surface area contributed by atoms with Gasteiger partial charge in [0.2, 0.25) is 0 Å². The van der Waals surface area contributed by atoms with Crippen molar-refractivity contribution in [2.75, 3.05) is 10.6 Å². The summed E-state index contributed by atoms with van der Waals surface area (Å²) in [6, 6.07) is 14.2. The molecule has 1 aromatic carbocycles. The Kier molecular flexibility index (Phi) is 5.10. The van der Waals surface area contributed by atoms with E-state index in [-0.39, 0.29) is 17.4 Å². The molecule has 7 nitrogen and oxygen atoms in total. The molecule has 0 unspecified atom stereocenters. The Morgan fingerprint density at radius 2 is 1.71 bits per heavy atom. The normalized spacial score (nSPS) is 11.5. The molecule has 2 N–H and O–H groups in total. The molecule has 7 heteroatoms. The minimum Gasteiger partial charge on any atom is -0.449 e. The van der Waals surface area contributed by atoms with Crippen LogP contribution >= 0.6 is 0 Å². The minimum atomic E-state index is -0.325. The van der Waals surface area contributed by atoms with Gasteiger partial charge in [-0.3, -0.25) is 14.9 Å². The summed E-state index contributed by atoms with van der Waals surface area (Å²) in [5, 5.41) is 6.28. The molecule has 3 aromatic heterocycles. The van der Waals surface area contributed by atoms with E-state index in [0.29, 0.717) is 33.9 Å². The number of rotatable bonds is 4. The fourth-order valence-electron chi connectivity index (χ4n) is 3.29. The van der Waals surface area contributed by atoms with Gasteiger partial charge in [0, 0.05) is 28.8 Å². The average molecular weight is 416 g/mol. The number of aryl methyl sites for hydroxylation is 1. The number of carbonyl (C=O) groups is 2. The first-order valence-electron chi connectivity index (χ1n) is 9.98. The predicted molar refractivity (Wildman–Crippen MR) is 121 cm³/mol. The first kappa shape index (κ1) is 20.4. The van der Waals surface area contributed by atoms with Crippen LogP contribution in [0.1, 0.15) is 47.1 Å². The molecule has 0 aliphatic carbocycles. The Labute approximate surface area is 180 Å². The Morgan fingerprint density at radius 1 is 0.968 bits per heavy atom. The highest BCUT2D eigenvalue weighted by atomic mass is 16.3. The van der Waals surface area contributed by atoms with Gasteiger partial charge in [-0.15, -0.1) is 0 Å². The van der Waals surface area contributed by atoms with Crippen molar-refractivity contribution in [3.8, 4) is 0 Å². The van der Waals surface area contributed by atoms with Crippen molar-refractivity contribution in [1.29, 1.82) is 0 Å². The van der Waals surface area contributed by atoms with Crippen molar-refractivity contribution in [3.05, 3.63) is 77.7 Å². The first-order chi connectivity index (χ1) is 14.7. The monoisotopic (exact) mass is 416 g/mol. The van der Waals surface area contributed by atoms with Crippen LogP contribution in [0.3, 0.4) is 0 Å². The zero-order chi connectivity index (χ0) is 22.2. The maximum absolute atomic E-state index is 12.9. The zero-order valence-electron chi connectivity index (χ0n) is 17.9. The van der Waals surface area contributed by atoms with E-state index in [0.717, 1.165) is 5.56 Å². The molecule has 31 heavy (non-hydrogen) atoms. The minimum absolute atomic E-state index is 0.239. The van der Waals surface area contributed by atoms with E-state index in [1.54, 1.807) is 42.6 Å². The molecule has 0 bridgehead atoms. The summed E-state index contributed by atoms with van der Waals surface area (Å²) in [6.07, 6.45) is 3.28. The van der Waals surface area contributed by atoms with Gasteiger partial charge in [-0.05, 0) is 58.0 Å². The molecule has 0 fully saturated rings. The molecular formula is C24H24N4O3. The first-order valence-corrected chi connectivity index (χ1v) is 9.98. The number of pyridine rings is 1. The van der Waals surface area contributed by atoms with E-state index >= 15 is 0 Å². The second-order valence-electron chi connectivity index (χ2n) is 8.40. The third-order valence-electron chi connectivity index (χ3n) is 4.93. The fraction of sp³-hybridized carbons (Fsp3) is 0.208. The maximum Gasteiger partial charge on any atom is 0.260 e. The number of aromatic nitrogens is 2. The number of nitrogens with zero attached hydrogens (tertiary/aromatic N) is 2. The molecule has 4 aromatic rings. The van der Waals surface area contributed by atoms with E-state index in [1.165, 1.54) is 6.26 Å². The molecular weight excluding hydrogens is 392 g/mol. The second-order valence-corrected chi connectivity index (χ2v) is 8.40. The number of hydrogen-bond donors (Lipinski definition) is 2.